The third-order valence-corrected chi connectivity index (χ3v) is 2.73. The second-order valence-electron chi connectivity index (χ2n) is 2.79. The van der Waals surface area contributed by atoms with Gasteiger partial charge in [-0.15, -0.1) is 0 Å². The monoisotopic (exact) mass is 249 g/mol. The maximum Gasteiger partial charge on any atom is 0.404 e. The maximum atomic E-state index is 11.7. The van der Waals surface area contributed by atoms with Crippen LogP contribution in [-0.2, 0) is 14.8 Å². The molecule has 0 bridgehead atoms. The van der Waals surface area contributed by atoms with Gasteiger partial charge in [0.25, 0.3) is 0 Å². The molecule has 5 nitrogen and oxygen atoms in total. The minimum Gasteiger partial charge on any atom is -0.480 e. The lowest BCUT2D eigenvalue weighted by molar-refractivity contribution is -0.139. The molecule has 1 unspecified atom stereocenters. The van der Waals surface area contributed by atoms with Gasteiger partial charge in [-0.25, -0.2) is 13.1 Å². The van der Waals surface area contributed by atoms with Crippen molar-refractivity contribution in [2.45, 2.75) is 25.6 Å². The van der Waals surface area contributed by atoms with Crippen molar-refractivity contribution in [1.82, 2.24) is 4.72 Å². The predicted molar refractivity (Wildman–Crippen MR) is 44.7 cm³/mol. The second kappa shape index (κ2) is 4.79. The lowest BCUT2D eigenvalue weighted by Gasteiger charge is -2.13. The SMILES string of the molecule is CCC(NS(=O)(=O)CC(F)(F)F)C(=O)O. The number of carbonyl (C=O) groups is 1. The number of rotatable bonds is 5. The number of sulfonamides is 1. The van der Waals surface area contributed by atoms with Gasteiger partial charge >= 0.3 is 12.1 Å². The summed E-state index contributed by atoms with van der Waals surface area (Å²) in [6, 6.07) is -1.53. The van der Waals surface area contributed by atoms with Crippen LogP contribution in [0.4, 0.5) is 13.2 Å². The summed E-state index contributed by atoms with van der Waals surface area (Å²) in [4.78, 5) is 10.4. The molecule has 0 rings (SSSR count). The number of halogens is 3. The largest absolute Gasteiger partial charge is 0.480 e. The Balaban J connectivity index is 4.57. The molecule has 9 heteroatoms. The molecular weight excluding hydrogens is 239 g/mol. The average Bonchev–Trinajstić information content (AvgIpc) is 1.94. The molecule has 0 fully saturated rings. The topological polar surface area (TPSA) is 83.5 Å². The summed E-state index contributed by atoms with van der Waals surface area (Å²) in [5.41, 5.74) is 0. The molecule has 0 aromatic heterocycles. The Morgan fingerprint density at radius 3 is 2.20 bits per heavy atom. The van der Waals surface area contributed by atoms with Crippen LogP contribution in [0.2, 0.25) is 0 Å². The van der Waals surface area contributed by atoms with E-state index in [4.69, 9.17) is 5.11 Å². The van der Waals surface area contributed by atoms with Crippen molar-refractivity contribution in [2.24, 2.45) is 0 Å². The number of aliphatic carboxylic acids is 1. The van der Waals surface area contributed by atoms with Crippen LogP contribution in [0.3, 0.4) is 0 Å². The smallest absolute Gasteiger partial charge is 0.404 e. The van der Waals surface area contributed by atoms with Crippen molar-refractivity contribution < 1.29 is 31.5 Å². The van der Waals surface area contributed by atoms with Crippen LogP contribution in [0.1, 0.15) is 13.3 Å². The normalized spacial score (nSPS) is 14.9. The summed E-state index contributed by atoms with van der Waals surface area (Å²) < 4.78 is 58.3. The Morgan fingerprint density at radius 2 is 1.93 bits per heavy atom. The van der Waals surface area contributed by atoms with E-state index < -0.39 is 34.0 Å². The Labute approximate surface area is 84.3 Å². The van der Waals surface area contributed by atoms with Crippen LogP contribution in [0.5, 0.6) is 0 Å². The van der Waals surface area contributed by atoms with Crippen molar-refractivity contribution in [3.63, 3.8) is 0 Å². The molecule has 1 atom stereocenters. The Kier molecular flexibility index (Phi) is 4.53. The Morgan fingerprint density at radius 1 is 1.47 bits per heavy atom. The zero-order chi connectivity index (χ0) is 12.3. The highest BCUT2D eigenvalue weighted by molar-refractivity contribution is 7.89. The molecule has 0 radical (unpaired) electrons. The zero-order valence-corrected chi connectivity index (χ0v) is 8.52. The fraction of sp³-hybridized carbons (Fsp3) is 0.833. The molecule has 0 saturated carbocycles. The molecule has 0 aliphatic heterocycles. The van der Waals surface area contributed by atoms with Crippen LogP contribution in [0, 0.1) is 0 Å². The van der Waals surface area contributed by atoms with Gasteiger partial charge in [0.1, 0.15) is 6.04 Å². The molecule has 0 spiro atoms. The van der Waals surface area contributed by atoms with Gasteiger partial charge in [-0.3, -0.25) is 4.79 Å². The van der Waals surface area contributed by atoms with E-state index in [-0.39, 0.29) is 6.42 Å². The summed E-state index contributed by atoms with van der Waals surface area (Å²) in [7, 11) is -4.65. The standard InChI is InChI=1S/C6H10F3NO4S/c1-2-4(5(11)12)10-15(13,14)3-6(7,8)9/h4,10H,2-3H2,1H3,(H,11,12). The summed E-state index contributed by atoms with van der Waals surface area (Å²) in [6.45, 7) is 1.34. The van der Waals surface area contributed by atoms with E-state index in [1.54, 1.807) is 0 Å². The fourth-order valence-electron chi connectivity index (χ4n) is 0.782. The fourth-order valence-corrected chi connectivity index (χ4v) is 2.00. The first-order chi connectivity index (χ1) is 6.57. The van der Waals surface area contributed by atoms with Crippen LogP contribution < -0.4 is 4.72 Å². The van der Waals surface area contributed by atoms with Gasteiger partial charge in [-0.05, 0) is 6.42 Å². The van der Waals surface area contributed by atoms with Gasteiger partial charge in [-0.2, -0.15) is 13.2 Å². The van der Waals surface area contributed by atoms with E-state index in [9.17, 15) is 26.4 Å². The third-order valence-electron chi connectivity index (χ3n) is 1.38. The van der Waals surface area contributed by atoms with Crippen LogP contribution in [0.25, 0.3) is 0 Å². The molecule has 0 aromatic carbocycles. The first-order valence-electron chi connectivity index (χ1n) is 3.87. The van der Waals surface area contributed by atoms with Crippen LogP contribution >= 0.6 is 0 Å². The summed E-state index contributed by atoms with van der Waals surface area (Å²) in [6.07, 6.45) is -5.02. The van der Waals surface area contributed by atoms with E-state index in [1.807, 2.05) is 0 Å². The van der Waals surface area contributed by atoms with Gasteiger partial charge in [0.15, 0.2) is 5.75 Å². The maximum absolute atomic E-state index is 11.7. The van der Waals surface area contributed by atoms with E-state index in [2.05, 4.69) is 0 Å². The predicted octanol–water partition coefficient (Wildman–Crippen LogP) is 0.331. The number of carboxylic acid groups (broad SMARTS) is 1. The molecule has 0 aromatic rings. The van der Waals surface area contributed by atoms with Crippen LogP contribution in [-0.4, -0.2) is 37.5 Å². The molecule has 90 valence electrons. The van der Waals surface area contributed by atoms with Gasteiger partial charge in [0.2, 0.25) is 10.0 Å². The lowest BCUT2D eigenvalue weighted by Crippen LogP contribution is -2.43. The second-order valence-corrected chi connectivity index (χ2v) is 4.55. The minimum atomic E-state index is -4.89. The third kappa shape index (κ3) is 6.28. The van der Waals surface area contributed by atoms with Gasteiger partial charge in [0, 0.05) is 0 Å². The molecule has 2 N–H and O–H groups in total. The quantitative estimate of drug-likeness (QED) is 0.735. The van der Waals surface area contributed by atoms with Crippen LogP contribution in [0.15, 0.2) is 0 Å². The van der Waals surface area contributed by atoms with Gasteiger partial charge < -0.3 is 5.11 Å². The van der Waals surface area contributed by atoms with E-state index in [1.165, 1.54) is 11.6 Å². The summed E-state index contributed by atoms with van der Waals surface area (Å²) in [5, 5.41) is 8.43. The van der Waals surface area contributed by atoms with E-state index >= 15 is 0 Å². The summed E-state index contributed by atoms with van der Waals surface area (Å²) in [5.74, 6) is -3.59. The Hall–Kier alpha value is -0.830. The number of hydrogen-bond acceptors (Lipinski definition) is 3. The van der Waals surface area contributed by atoms with Crippen molar-refractivity contribution >= 4 is 16.0 Å². The molecule has 0 aliphatic carbocycles. The molecule has 15 heavy (non-hydrogen) atoms. The average molecular weight is 249 g/mol. The molecule has 0 saturated heterocycles. The highest BCUT2D eigenvalue weighted by atomic mass is 32.2. The zero-order valence-electron chi connectivity index (χ0n) is 7.71. The van der Waals surface area contributed by atoms with Crippen molar-refractivity contribution in [3.8, 4) is 0 Å². The van der Waals surface area contributed by atoms with Gasteiger partial charge in [-0.1, -0.05) is 6.92 Å². The first-order valence-corrected chi connectivity index (χ1v) is 5.52. The number of nitrogens with one attached hydrogen (secondary N) is 1. The lowest BCUT2D eigenvalue weighted by atomic mass is 10.2. The minimum absolute atomic E-state index is 0.133. The Bertz CT molecular complexity index is 324. The number of hydrogen-bond donors (Lipinski definition) is 2. The van der Waals surface area contributed by atoms with Crippen molar-refractivity contribution in [1.29, 1.82) is 0 Å². The van der Waals surface area contributed by atoms with Crippen molar-refractivity contribution in [3.05, 3.63) is 0 Å². The molecule has 0 aliphatic rings. The van der Waals surface area contributed by atoms with E-state index in [0.717, 1.165) is 0 Å². The van der Waals surface area contributed by atoms with E-state index in [0.29, 0.717) is 0 Å². The van der Waals surface area contributed by atoms with Gasteiger partial charge in [0.05, 0.1) is 0 Å². The van der Waals surface area contributed by atoms with Crippen molar-refractivity contribution in [2.75, 3.05) is 5.75 Å². The molecule has 0 heterocycles. The number of carboxylic acids is 1. The molecular formula is C6H10F3NO4S. The molecule has 0 amide bonds. The highest BCUT2D eigenvalue weighted by Crippen LogP contribution is 2.16. The first kappa shape index (κ1) is 14.2. The highest BCUT2D eigenvalue weighted by Gasteiger charge is 2.36. The number of alkyl halides is 3. The summed E-state index contributed by atoms with van der Waals surface area (Å²) >= 11 is 0.